The maximum Gasteiger partial charge on any atom is 0.170 e. The largest absolute Gasteiger partial charge is 0.483 e. The van der Waals surface area contributed by atoms with Crippen molar-refractivity contribution in [2.75, 3.05) is 0 Å². The highest BCUT2D eigenvalue weighted by Gasteiger charge is 2.08. The van der Waals surface area contributed by atoms with E-state index in [1.165, 1.54) is 12.1 Å². The number of nitriles is 1. The van der Waals surface area contributed by atoms with Crippen molar-refractivity contribution in [3.63, 3.8) is 0 Å². The van der Waals surface area contributed by atoms with Crippen LogP contribution in [0.2, 0.25) is 0 Å². The number of benzene rings is 1. The van der Waals surface area contributed by atoms with Crippen LogP contribution in [0.4, 0.5) is 4.39 Å². The Hall–Kier alpha value is -2.42. The van der Waals surface area contributed by atoms with Gasteiger partial charge in [-0.05, 0) is 25.1 Å². The maximum absolute atomic E-state index is 13.5. The topological polar surface area (TPSA) is 63.7 Å². The maximum atomic E-state index is 13.5. The van der Waals surface area contributed by atoms with Crippen LogP contribution in [0, 0.1) is 24.1 Å². The molecule has 0 aliphatic carbocycles. The number of hydrogen-bond donors (Lipinski definition) is 0. The molecule has 0 radical (unpaired) electrons. The van der Waals surface area contributed by atoms with Crippen LogP contribution in [-0.2, 0) is 13.7 Å². The summed E-state index contributed by atoms with van der Waals surface area (Å²) in [7, 11) is 1.81. The van der Waals surface area contributed by atoms with Crippen molar-refractivity contribution in [3.8, 4) is 11.8 Å². The fraction of sp³-hybridized carbons (Fsp3) is 0.250. The predicted molar refractivity (Wildman–Crippen MR) is 61.2 cm³/mol. The lowest BCUT2D eigenvalue weighted by molar-refractivity contribution is 0.276. The van der Waals surface area contributed by atoms with Crippen LogP contribution in [0.5, 0.6) is 5.75 Å². The van der Waals surface area contributed by atoms with E-state index in [1.807, 2.05) is 20.0 Å². The molecule has 0 aliphatic heterocycles. The Morgan fingerprint density at radius 3 is 2.78 bits per heavy atom. The van der Waals surface area contributed by atoms with Gasteiger partial charge < -0.3 is 9.30 Å². The number of rotatable bonds is 3. The summed E-state index contributed by atoms with van der Waals surface area (Å²) < 4.78 is 20.6. The van der Waals surface area contributed by atoms with Crippen molar-refractivity contribution in [2.45, 2.75) is 13.5 Å². The van der Waals surface area contributed by atoms with E-state index >= 15 is 0 Å². The first-order chi connectivity index (χ1) is 8.61. The zero-order chi connectivity index (χ0) is 13.1. The molecule has 0 unspecified atom stereocenters. The molecule has 1 aromatic carbocycles. The van der Waals surface area contributed by atoms with Crippen LogP contribution in [0.15, 0.2) is 18.2 Å². The zero-order valence-electron chi connectivity index (χ0n) is 10.0. The quantitative estimate of drug-likeness (QED) is 0.827. The van der Waals surface area contributed by atoms with Crippen LogP contribution in [0.3, 0.4) is 0 Å². The van der Waals surface area contributed by atoms with Crippen molar-refractivity contribution in [2.24, 2.45) is 7.05 Å². The molecular weight excluding hydrogens is 235 g/mol. The Labute approximate surface area is 103 Å². The first kappa shape index (κ1) is 12.0. The van der Waals surface area contributed by atoms with Gasteiger partial charge in [0.05, 0.1) is 11.6 Å². The highest BCUT2D eigenvalue weighted by Crippen LogP contribution is 2.19. The van der Waals surface area contributed by atoms with Gasteiger partial charge in [0.2, 0.25) is 0 Å². The Balaban J connectivity index is 2.11. The van der Waals surface area contributed by atoms with Gasteiger partial charge in [0, 0.05) is 7.05 Å². The summed E-state index contributed by atoms with van der Waals surface area (Å²) in [5.74, 6) is 0.896. The predicted octanol–water partition coefficient (Wildman–Crippen LogP) is 1.71. The van der Waals surface area contributed by atoms with Gasteiger partial charge >= 0.3 is 0 Å². The summed E-state index contributed by atoms with van der Waals surface area (Å²) in [6.45, 7) is 1.94. The lowest BCUT2D eigenvalue weighted by atomic mass is 10.2. The molecule has 92 valence electrons. The molecule has 0 saturated heterocycles. The fourth-order valence-electron chi connectivity index (χ4n) is 1.41. The molecule has 1 heterocycles. The number of halogens is 1. The van der Waals surface area contributed by atoms with E-state index in [9.17, 15) is 4.39 Å². The minimum Gasteiger partial charge on any atom is -0.483 e. The van der Waals surface area contributed by atoms with E-state index in [1.54, 1.807) is 4.57 Å². The SMILES string of the molecule is Cc1nnc(COc2ccc(C#N)cc2F)n1C. The highest BCUT2D eigenvalue weighted by molar-refractivity contribution is 5.35. The van der Waals surface area contributed by atoms with E-state index in [4.69, 9.17) is 10.00 Å². The second-order valence-corrected chi connectivity index (χ2v) is 3.77. The van der Waals surface area contributed by atoms with Gasteiger partial charge in [0.15, 0.2) is 17.4 Å². The molecule has 0 atom stereocenters. The number of nitrogens with zero attached hydrogens (tertiary/aromatic N) is 4. The van der Waals surface area contributed by atoms with Gasteiger partial charge in [-0.1, -0.05) is 0 Å². The molecule has 0 fully saturated rings. The van der Waals surface area contributed by atoms with Gasteiger partial charge in [-0.25, -0.2) is 4.39 Å². The van der Waals surface area contributed by atoms with Crippen LogP contribution >= 0.6 is 0 Å². The smallest absolute Gasteiger partial charge is 0.170 e. The molecule has 0 spiro atoms. The zero-order valence-corrected chi connectivity index (χ0v) is 10.0. The highest BCUT2D eigenvalue weighted by atomic mass is 19.1. The van der Waals surface area contributed by atoms with Gasteiger partial charge in [-0.2, -0.15) is 5.26 Å². The molecule has 5 nitrogen and oxygen atoms in total. The van der Waals surface area contributed by atoms with Crippen LogP contribution in [0.1, 0.15) is 17.2 Å². The lowest BCUT2D eigenvalue weighted by Gasteiger charge is -2.06. The van der Waals surface area contributed by atoms with Crippen molar-refractivity contribution in [3.05, 3.63) is 41.2 Å². The average molecular weight is 246 g/mol. The first-order valence-corrected chi connectivity index (χ1v) is 5.29. The molecule has 18 heavy (non-hydrogen) atoms. The summed E-state index contributed by atoms with van der Waals surface area (Å²) >= 11 is 0. The Bertz CT molecular complexity index is 615. The second kappa shape index (κ2) is 4.84. The molecule has 0 amide bonds. The van der Waals surface area contributed by atoms with Gasteiger partial charge in [0.25, 0.3) is 0 Å². The molecule has 2 rings (SSSR count). The lowest BCUT2D eigenvalue weighted by Crippen LogP contribution is -2.05. The summed E-state index contributed by atoms with van der Waals surface area (Å²) in [5, 5.41) is 16.4. The third-order valence-corrected chi connectivity index (χ3v) is 2.60. The number of ether oxygens (including phenoxy) is 1. The molecule has 0 saturated carbocycles. The normalized spacial score (nSPS) is 10.1. The van der Waals surface area contributed by atoms with Gasteiger partial charge in [-0.15, -0.1) is 10.2 Å². The van der Waals surface area contributed by atoms with Crippen LogP contribution < -0.4 is 4.74 Å². The van der Waals surface area contributed by atoms with Crippen LogP contribution in [-0.4, -0.2) is 14.8 Å². The molecule has 0 aliphatic rings. The molecule has 0 bridgehead atoms. The third-order valence-electron chi connectivity index (χ3n) is 2.60. The molecular formula is C12H11FN4O. The van der Waals surface area contributed by atoms with E-state index < -0.39 is 5.82 Å². The standard InChI is InChI=1S/C12H11FN4O/c1-8-15-16-12(17(8)2)7-18-11-4-3-9(6-14)5-10(11)13/h3-5H,7H2,1-2H3. The van der Waals surface area contributed by atoms with E-state index in [2.05, 4.69) is 10.2 Å². The van der Waals surface area contributed by atoms with E-state index in [0.29, 0.717) is 5.82 Å². The van der Waals surface area contributed by atoms with E-state index in [-0.39, 0.29) is 17.9 Å². The first-order valence-electron chi connectivity index (χ1n) is 5.29. The van der Waals surface area contributed by atoms with Crippen LogP contribution in [0.25, 0.3) is 0 Å². The van der Waals surface area contributed by atoms with E-state index in [0.717, 1.165) is 11.9 Å². The van der Waals surface area contributed by atoms with Crippen molar-refractivity contribution in [1.29, 1.82) is 5.26 Å². The van der Waals surface area contributed by atoms with Gasteiger partial charge in [0.1, 0.15) is 12.4 Å². The summed E-state index contributed by atoms with van der Waals surface area (Å²) in [4.78, 5) is 0. The van der Waals surface area contributed by atoms with Crippen molar-refractivity contribution >= 4 is 0 Å². The second-order valence-electron chi connectivity index (χ2n) is 3.77. The Kier molecular flexibility index (Phi) is 3.24. The Morgan fingerprint density at radius 2 is 2.22 bits per heavy atom. The summed E-state index contributed by atoms with van der Waals surface area (Å²) in [5.41, 5.74) is 0.259. The van der Waals surface area contributed by atoms with Gasteiger partial charge in [-0.3, -0.25) is 0 Å². The molecule has 1 aromatic heterocycles. The minimum atomic E-state index is -0.562. The Morgan fingerprint density at radius 1 is 1.44 bits per heavy atom. The van der Waals surface area contributed by atoms with Crippen molar-refractivity contribution < 1.29 is 9.13 Å². The number of aryl methyl sites for hydroxylation is 1. The third kappa shape index (κ3) is 2.30. The molecule has 0 N–H and O–H groups in total. The molecule has 2 aromatic rings. The van der Waals surface area contributed by atoms with Crippen molar-refractivity contribution in [1.82, 2.24) is 14.8 Å². The number of hydrogen-bond acceptors (Lipinski definition) is 4. The average Bonchev–Trinajstić information content (AvgIpc) is 2.68. The summed E-state index contributed by atoms with van der Waals surface area (Å²) in [6, 6.07) is 5.92. The monoisotopic (exact) mass is 246 g/mol. The number of aromatic nitrogens is 3. The molecule has 6 heteroatoms. The summed E-state index contributed by atoms with van der Waals surface area (Å²) in [6.07, 6.45) is 0. The minimum absolute atomic E-state index is 0.0923. The fourth-order valence-corrected chi connectivity index (χ4v) is 1.41.